The number of hydrogen-bond donors (Lipinski definition) is 2. The van der Waals surface area contributed by atoms with E-state index in [9.17, 15) is 9.59 Å². The Morgan fingerprint density at radius 1 is 1.29 bits per heavy atom. The van der Waals surface area contributed by atoms with Crippen LogP contribution in [0, 0.1) is 6.92 Å². The second-order valence-corrected chi connectivity index (χ2v) is 7.92. The summed E-state index contributed by atoms with van der Waals surface area (Å²) in [6.45, 7) is 2.06. The summed E-state index contributed by atoms with van der Waals surface area (Å²) in [6, 6.07) is 13.8. The third-order valence-corrected chi connectivity index (χ3v) is 6.10. The summed E-state index contributed by atoms with van der Waals surface area (Å²) in [7, 11) is 0. The molecule has 0 radical (unpaired) electrons. The summed E-state index contributed by atoms with van der Waals surface area (Å²) in [5, 5.41) is 2.86. The molecule has 1 aliphatic rings. The number of anilines is 1. The SMILES string of the molecule is Cc1ccc2c(c1)SC(C(=O)Nc1ccccc1SCC(N)=O)C2. The standard InChI is InChI=1S/C18H18N2O2S2/c1-11-6-7-12-9-16(24-15(12)8-11)18(22)20-13-4-2-3-5-14(13)23-10-17(19)21/h2-8,16H,9-10H2,1H3,(H2,19,21)(H,20,22). The van der Waals surface area contributed by atoms with Crippen molar-refractivity contribution in [2.45, 2.75) is 28.4 Å². The molecule has 1 unspecified atom stereocenters. The van der Waals surface area contributed by atoms with Gasteiger partial charge in [0, 0.05) is 9.79 Å². The minimum atomic E-state index is -0.377. The van der Waals surface area contributed by atoms with Crippen LogP contribution in [-0.4, -0.2) is 22.8 Å². The van der Waals surface area contributed by atoms with Gasteiger partial charge in [0.2, 0.25) is 11.8 Å². The van der Waals surface area contributed by atoms with Crippen molar-refractivity contribution in [3.8, 4) is 0 Å². The van der Waals surface area contributed by atoms with Crippen LogP contribution < -0.4 is 11.1 Å². The molecule has 3 N–H and O–H groups in total. The fourth-order valence-corrected chi connectivity index (χ4v) is 4.58. The van der Waals surface area contributed by atoms with Crippen LogP contribution in [0.4, 0.5) is 5.69 Å². The molecule has 0 aliphatic carbocycles. The summed E-state index contributed by atoms with van der Waals surface area (Å²) in [4.78, 5) is 25.6. The molecule has 0 saturated carbocycles. The molecule has 1 heterocycles. The molecule has 0 saturated heterocycles. The van der Waals surface area contributed by atoms with Crippen molar-refractivity contribution in [3.63, 3.8) is 0 Å². The summed E-state index contributed by atoms with van der Waals surface area (Å²) in [6.07, 6.45) is 0.739. The monoisotopic (exact) mass is 358 g/mol. The largest absolute Gasteiger partial charge is 0.369 e. The number of hydrogen-bond acceptors (Lipinski definition) is 4. The highest BCUT2D eigenvalue weighted by molar-refractivity contribution is 8.01. The van der Waals surface area contributed by atoms with E-state index in [-0.39, 0.29) is 22.8 Å². The van der Waals surface area contributed by atoms with Gasteiger partial charge in [-0.2, -0.15) is 0 Å². The number of carbonyl (C=O) groups is 2. The molecule has 2 aromatic rings. The Morgan fingerprint density at radius 3 is 2.88 bits per heavy atom. The van der Waals surface area contributed by atoms with E-state index in [0.29, 0.717) is 0 Å². The zero-order valence-electron chi connectivity index (χ0n) is 13.2. The van der Waals surface area contributed by atoms with Crippen molar-refractivity contribution in [1.29, 1.82) is 0 Å². The lowest BCUT2D eigenvalue weighted by molar-refractivity contribution is -0.116. The van der Waals surface area contributed by atoms with Gasteiger partial charge in [-0.1, -0.05) is 29.8 Å². The number of rotatable bonds is 5. The quantitative estimate of drug-likeness (QED) is 0.805. The van der Waals surface area contributed by atoms with Crippen molar-refractivity contribution >= 4 is 41.0 Å². The smallest absolute Gasteiger partial charge is 0.238 e. The molecule has 6 heteroatoms. The number of amides is 2. The van der Waals surface area contributed by atoms with Crippen LogP contribution in [0.3, 0.4) is 0 Å². The van der Waals surface area contributed by atoms with Crippen LogP contribution in [0.15, 0.2) is 52.3 Å². The normalized spacial score (nSPS) is 15.8. The Balaban J connectivity index is 1.69. The first-order valence-corrected chi connectivity index (χ1v) is 9.46. The predicted octanol–water partition coefficient (Wildman–Crippen LogP) is 3.23. The topological polar surface area (TPSA) is 72.2 Å². The van der Waals surface area contributed by atoms with Gasteiger partial charge in [0.1, 0.15) is 0 Å². The van der Waals surface area contributed by atoms with E-state index < -0.39 is 0 Å². The Morgan fingerprint density at radius 2 is 2.08 bits per heavy atom. The first-order valence-electron chi connectivity index (χ1n) is 7.60. The Bertz CT molecular complexity index is 792. The number of nitrogens with one attached hydrogen (secondary N) is 1. The number of thioether (sulfide) groups is 2. The summed E-state index contributed by atoms with van der Waals surface area (Å²) in [5.41, 5.74) is 8.35. The average Bonchev–Trinajstić information content (AvgIpc) is 2.97. The van der Waals surface area contributed by atoms with E-state index >= 15 is 0 Å². The van der Waals surface area contributed by atoms with Gasteiger partial charge < -0.3 is 11.1 Å². The fourth-order valence-electron chi connectivity index (χ4n) is 2.54. The van der Waals surface area contributed by atoms with Crippen LogP contribution in [0.2, 0.25) is 0 Å². The molecule has 0 bridgehead atoms. The first-order chi connectivity index (χ1) is 11.5. The highest BCUT2D eigenvalue weighted by Crippen LogP contribution is 2.38. The van der Waals surface area contributed by atoms with Gasteiger partial charge in [-0.05, 0) is 37.1 Å². The number of carbonyl (C=O) groups excluding carboxylic acids is 2. The molecular weight excluding hydrogens is 340 g/mol. The van der Waals surface area contributed by atoms with Gasteiger partial charge in [-0.15, -0.1) is 23.5 Å². The molecule has 0 spiro atoms. The molecule has 2 aromatic carbocycles. The molecule has 0 fully saturated rings. The number of nitrogens with two attached hydrogens (primary N) is 1. The lowest BCUT2D eigenvalue weighted by atomic mass is 10.1. The molecule has 4 nitrogen and oxygen atoms in total. The maximum absolute atomic E-state index is 12.6. The van der Waals surface area contributed by atoms with E-state index in [4.69, 9.17) is 5.73 Å². The van der Waals surface area contributed by atoms with Crippen molar-refractivity contribution < 1.29 is 9.59 Å². The molecule has 24 heavy (non-hydrogen) atoms. The van der Waals surface area contributed by atoms with E-state index in [1.165, 1.54) is 27.8 Å². The molecular formula is C18H18N2O2S2. The van der Waals surface area contributed by atoms with Gasteiger partial charge >= 0.3 is 0 Å². The Kier molecular flexibility index (Phi) is 5.16. The van der Waals surface area contributed by atoms with E-state index in [2.05, 4.69) is 30.4 Å². The number of benzene rings is 2. The van der Waals surface area contributed by atoms with Crippen molar-refractivity contribution in [2.75, 3.05) is 11.1 Å². The minimum Gasteiger partial charge on any atom is -0.369 e. The third-order valence-electron chi connectivity index (χ3n) is 3.70. The van der Waals surface area contributed by atoms with Crippen molar-refractivity contribution in [1.82, 2.24) is 0 Å². The van der Waals surface area contributed by atoms with Crippen LogP contribution in [0.1, 0.15) is 11.1 Å². The minimum absolute atomic E-state index is 0.0130. The van der Waals surface area contributed by atoms with Gasteiger partial charge in [0.05, 0.1) is 16.7 Å². The fraction of sp³-hybridized carbons (Fsp3) is 0.222. The Labute approximate surface area is 149 Å². The molecule has 2 amide bonds. The first kappa shape index (κ1) is 16.9. The third kappa shape index (κ3) is 3.94. The van der Waals surface area contributed by atoms with Crippen molar-refractivity contribution in [3.05, 3.63) is 53.6 Å². The summed E-state index contributed by atoms with van der Waals surface area (Å²) in [5.74, 6) is -0.199. The predicted molar refractivity (Wildman–Crippen MR) is 99.5 cm³/mol. The molecule has 124 valence electrons. The number of fused-ring (bicyclic) bond motifs is 1. The maximum Gasteiger partial charge on any atom is 0.238 e. The van der Waals surface area contributed by atoms with Gasteiger partial charge in [0.25, 0.3) is 0 Å². The molecule has 3 rings (SSSR count). The number of aryl methyl sites for hydroxylation is 1. The maximum atomic E-state index is 12.6. The van der Waals surface area contributed by atoms with Crippen molar-refractivity contribution in [2.24, 2.45) is 5.73 Å². The lowest BCUT2D eigenvalue weighted by Crippen LogP contribution is -2.25. The second-order valence-electron chi connectivity index (χ2n) is 5.66. The van der Waals surface area contributed by atoms with E-state index in [0.717, 1.165) is 17.0 Å². The van der Waals surface area contributed by atoms with Crippen LogP contribution >= 0.6 is 23.5 Å². The molecule has 1 atom stereocenters. The average molecular weight is 358 g/mol. The number of para-hydroxylation sites is 1. The van der Waals surface area contributed by atoms with Gasteiger partial charge in [0.15, 0.2) is 0 Å². The summed E-state index contributed by atoms with van der Waals surface area (Å²) >= 11 is 2.94. The van der Waals surface area contributed by atoms with Gasteiger partial charge in [-0.3, -0.25) is 9.59 Å². The van der Waals surface area contributed by atoms with Crippen LogP contribution in [-0.2, 0) is 16.0 Å². The zero-order chi connectivity index (χ0) is 17.1. The lowest BCUT2D eigenvalue weighted by Gasteiger charge is -2.13. The highest BCUT2D eigenvalue weighted by atomic mass is 32.2. The number of primary amides is 1. The van der Waals surface area contributed by atoms with Crippen LogP contribution in [0.5, 0.6) is 0 Å². The van der Waals surface area contributed by atoms with Crippen LogP contribution in [0.25, 0.3) is 0 Å². The molecule has 1 aliphatic heterocycles. The Hall–Kier alpha value is -1.92. The highest BCUT2D eigenvalue weighted by Gasteiger charge is 2.28. The zero-order valence-corrected chi connectivity index (χ0v) is 14.9. The van der Waals surface area contributed by atoms with E-state index in [1.54, 1.807) is 11.8 Å². The second kappa shape index (κ2) is 7.32. The molecule has 0 aromatic heterocycles. The summed E-state index contributed by atoms with van der Waals surface area (Å²) < 4.78 is 0. The van der Waals surface area contributed by atoms with Gasteiger partial charge in [-0.25, -0.2) is 0 Å². The van der Waals surface area contributed by atoms with E-state index in [1.807, 2.05) is 24.3 Å².